The van der Waals surface area contributed by atoms with Gasteiger partial charge in [0.15, 0.2) is 0 Å². The minimum absolute atomic E-state index is 0.245. The Morgan fingerprint density at radius 2 is 2.14 bits per heavy atom. The molecule has 0 spiro atoms. The van der Waals surface area contributed by atoms with E-state index in [2.05, 4.69) is 9.62 Å². The smallest absolute Gasteiger partial charge is 0.240 e. The maximum Gasteiger partial charge on any atom is 0.240 e. The number of likely N-dealkylation sites (N-methyl/N-ethyl adjacent to an activating group) is 1. The van der Waals surface area contributed by atoms with Crippen molar-refractivity contribution in [3.05, 3.63) is 29.3 Å². The van der Waals surface area contributed by atoms with Gasteiger partial charge in [-0.15, -0.1) is 0 Å². The summed E-state index contributed by atoms with van der Waals surface area (Å²) in [4.78, 5) is 2.70. The largest absolute Gasteiger partial charge is 0.389 e. The molecule has 21 heavy (non-hydrogen) atoms. The van der Waals surface area contributed by atoms with Crippen LogP contribution in [0, 0.1) is 6.92 Å². The van der Waals surface area contributed by atoms with E-state index in [9.17, 15) is 8.42 Å². The summed E-state index contributed by atoms with van der Waals surface area (Å²) in [6, 6.07) is 5.42. The summed E-state index contributed by atoms with van der Waals surface area (Å²) < 4.78 is 27.1. The monoisotopic (exact) mass is 327 g/mol. The molecule has 1 fully saturated rings. The first-order chi connectivity index (χ1) is 9.81. The molecule has 1 aliphatic rings. The van der Waals surface area contributed by atoms with Crippen LogP contribution < -0.4 is 10.5 Å². The predicted octanol–water partition coefficient (Wildman–Crippen LogP) is 1.00. The van der Waals surface area contributed by atoms with Crippen LogP contribution in [-0.2, 0) is 10.0 Å². The molecule has 3 N–H and O–H groups in total. The fourth-order valence-corrected chi connectivity index (χ4v) is 3.55. The molecule has 0 saturated heterocycles. The molecule has 1 aromatic rings. The van der Waals surface area contributed by atoms with Crippen LogP contribution in [0.3, 0.4) is 0 Å². The highest BCUT2D eigenvalue weighted by Gasteiger charge is 2.26. The lowest BCUT2D eigenvalue weighted by Gasteiger charge is -2.16. The van der Waals surface area contributed by atoms with Gasteiger partial charge < -0.3 is 10.6 Å². The van der Waals surface area contributed by atoms with Gasteiger partial charge in [0.05, 0.1) is 4.90 Å². The van der Waals surface area contributed by atoms with Gasteiger partial charge in [-0.3, -0.25) is 0 Å². The molecule has 0 aromatic heterocycles. The third kappa shape index (κ3) is 4.23. The highest BCUT2D eigenvalue weighted by molar-refractivity contribution is 7.89. The number of nitrogens with one attached hydrogen (secondary N) is 1. The van der Waals surface area contributed by atoms with E-state index in [-0.39, 0.29) is 9.88 Å². The van der Waals surface area contributed by atoms with Crippen molar-refractivity contribution in [1.82, 2.24) is 9.62 Å². The molecule has 0 radical (unpaired) electrons. The molecule has 0 atom stereocenters. The van der Waals surface area contributed by atoms with E-state index in [1.807, 2.05) is 7.05 Å². The van der Waals surface area contributed by atoms with Crippen molar-refractivity contribution in [1.29, 1.82) is 0 Å². The molecule has 0 heterocycles. The third-order valence-electron chi connectivity index (χ3n) is 3.70. The maximum atomic E-state index is 12.2. The Balaban J connectivity index is 2.01. The number of sulfonamides is 1. The molecule has 2 rings (SSSR count). The molecule has 0 amide bonds. The van der Waals surface area contributed by atoms with Crippen LogP contribution in [0.2, 0.25) is 0 Å². The second kappa shape index (κ2) is 6.39. The summed E-state index contributed by atoms with van der Waals surface area (Å²) in [5, 5.41) is 0. The molecular weight excluding hydrogens is 306 g/mol. The zero-order valence-corrected chi connectivity index (χ0v) is 13.9. The van der Waals surface area contributed by atoms with Crippen LogP contribution in [0.25, 0.3) is 0 Å². The Hall–Kier alpha value is -1.02. The number of aryl methyl sites for hydroxylation is 1. The normalized spacial score (nSPS) is 15.4. The Morgan fingerprint density at radius 3 is 2.67 bits per heavy atom. The fraction of sp³-hybridized carbons (Fsp3) is 0.500. The molecule has 116 valence electrons. The zero-order chi connectivity index (χ0) is 15.6. The van der Waals surface area contributed by atoms with E-state index in [0.29, 0.717) is 24.7 Å². The summed E-state index contributed by atoms with van der Waals surface area (Å²) in [6.45, 7) is 2.92. The first kappa shape index (κ1) is 16.4. The highest BCUT2D eigenvalue weighted by atomic mass is 32.2. The van der Waals surface area contributed by atoms with E-state index < -0.39 is 10.0 Å². The van der Waals surface area contributed by atoms with Crippen molar-refractivity contribution in [3.8, 4) is 0 Å². The van der Waals surface area contributed by atoms with Gasteiger partial charge >= 0.3 is 0 Å². The summed E-state index contributed by atoms with van der Waals surface area (Å²) in [5.74, 6) is 0. The summed E-state index contributed by atoms with van der Waals surface area (Å²) >= 11 is 4.92. The molecule has 1 saturated carbocycles. The average Bonchev–Trinajstić information content (AvgIpc) is 3.22. The Kier molecular flexibility index (Phi) is 4.98. The summed E-state index contributed by atoms with van der Waals surface area (Å²) in [6.07, 6.45) is 2.42. The Bertz CT molecular complexity index is 640. The molecule has 1 aliphatic carbocycles. The van der Waals surface area contributed by atoms with Crippen LogP contribution in [0.15, 0.2) is 23.1 Å². The molecule has 0 unspecified atom stereocenters. The Morgan fingerprint density at radius 1 is 1.48 bits per heavy atom. The van der Waals surface area contributed by atoms with Crippen molar-refractivity contribution in [2.24, 2.45) is 5.73 Å². The van der Waals surface area contributed by atoms with Crippen LogP contribution in [-0.4, -0.2) is 44.5 Å². The minimum atomic E-state index is -3.49. The molecule has 5 nitrogen and oxygen atoms in total. The number of rotatable bonds is 7. The van der Waals surface area contributed by atoms with E-state index in [1.165, 1.54) is 18.9 Å². The minimum Gasteiger partial charge on any atom is -0.389 e. The van der Waals surface area contributed by atoms with Crippen molar-refractivity contribution < 1.29 is 8.42 Å². The molecule has 1 aromatic carbocycles. The lowest BCUT2D eigenvalue weighted by Crippen LogP contribution is -2.34. The number of nitrogens with zero attached hydrogens (tertiary/aromatic N) is 1. The SMILES string of the molecule is Cc1cc(S(=O)(=O)NCCN(C)C2CC2)ccc1C(N)=S. The van der Waals surface area contributed by atoms with E-state index >= 15 is 0 Å². The quantitative estimate of drug-likeness (QED) is 0.731. The van der Waals surface area contributed by atoms with Crippen LogP contribution >= 0.6 is 12.2 Å². The average molecular weight is 327 g/mol. The van der Waals surface area contributed by atoms with Crippen molar-refractivity contribution in [2.45, 2.75) is 30.7 Å². The van der Waals surface area contributed by atoms with Gasteiger partial charge in [-0.05, 0) is 44.5 Å². The van der Waals surface area contributed by atoms with E-state index in [1.54, 1.807) is 19.1 Å². The zero-order valence-electron chi connectivity index (χ0n) is 12.3. The fourth-order valence-electron chi connectivity index (χ4n) is 2.22. The second-order valence-corrected chi connectivity index (χ2v) is 7.66. The van der Waals surface area contributed by atoms with E-state index in [0.717, 1.165) is 5.56 Å². The lowest BCUT2D eigenvalue weighted by atomic mass is 10.1. The van der Waals surface area contributed by atoms with Crippen LogP contribution in [0.4, 0.5) is 0 Å². The predicted molar refractivity (Wildman–Crippen MR) is 87.9 cm³/mol. The summed E-state index contributed by atoms with van der Waals surface area (Å²) in [7, 11) is -1.47. The van der Waals surface area contributed by atoms with Crippen molar-refractivity contribution >= 4 is 27.2 Å². The standard InChI is InChI=1S/C14H21N3O2S2/c1-10-9-12(5-6-13(10)14(15)20)21(18,19)16-7-8-17(2)11-3-4-11/h5-6,9,11,16H,3-4,7-8H2,1-2H3,(H2,15,20). The topological polar surface area (TPSA) is 75.4 Å². The molecule has 0 aliphatic heterocycles. The van der Waals surface area contributed by atoms with Crippen molar-refractivity contribution in [2.75, 3.05) is 20.1 Å². The number of hydrogen-bond acceptors (Lipinski definition) is 4. The third-order valence-corrected chi connectivity index (χ3v) is 5.38. The van der Waals surface area contributed by atoms with Gasteiger partial charge in [-0.25, -0.2) is 13.1 Å². The number of benzene rings is 1. The van der Waals surface area contributed by atoms with Gasteiger partial charge in [-0.1, -0.05) is 18.3 Å². The van der Waals surface area contributed by atoms with Crippen molar-refractivity contribution in [3.63, 3.8) is 0 Å². The first-order valence-electron chi connectivity index (χ1n) is 6.91. The number of nitrogens with two attached hydrogens (primary N) is 1. The summed E-state index contributed by atoms with van der Waals surface area (Å²) in [5.41, 5.74) is 7.05. The first-order valence-corrected chi connectivity index (χ1v) is 8.81. The van der Waals surface area contributed by atoms with Crippen LogP contribution in [0.1, 0.15) is 24.0 Å². The number of thiocarbonyl (C=S) groups is 1. The van der Waals surface area contributed by atoms with Gasteiger partial charge in [0.2, 0.25) is 10.0 Å². The maximum absolute atomic E-state index is 12.2. The molecule has 7 heteroatoms. The van der Waals surface area contributed by atoms with E-state index in [4.69, 9.17) is 18.0 Å². The van der Waals surface area contributed by atoms with Crippen LogP contribution in [0.5, 0.6) is 0 Å². The van der Waals surface area contributed by atoms with Gasteiger partial charge in [-0.2, -0.15) is 0 Å². The number of hydrogen-bond donors (Lipinski definition) is 2. The van der Waals surface area contributed by atoms with Gasteiger partial charge in [0, 0.05) is 24.7 Å². The second-order valence-electron chi connectivity index (χ2n) is 5.45. The Labute approximate surface area is 131 Å². The molecule has 0 bridgehead atoms. The highest BCUT2D eigenvalue weighted by Crippen LogP contribution is 2.24. The van der Waals surface area contributed by atoms with Gasteiger partial charge in [0.1, 0.15) is 4.99 Å². The lowest BCUT2D eigenvalue weighted by molar-refractivity contribution is 0.329. The molecular formula is C14H21N3O2S2. The van der Waals surface area contributed by atoms with Gasteiger partial charge in [0.25, 0.3) is 0 Å².